The lowest BCUT2D eigenvalue weighted by Crippen LogP contribution is -2.14. The normalized spacial score (nSPS) is 11.1. The van der Waals surface area contributed by atoms with Crippen molar-refractivity contribution >= 4 is 27.3 Å². The summed E-state index contributed by atoms with van der Waals surface area (Å²) >= 11 is 0. The van der Waals surface area contributed by atoms with Crippen LogP contribution in [0.5, 0.6) is 0 Å². The SMILES string of the molecule is O=S(=O)(Nc1ccc(Nc2ccc(F)c(F)c2)nn1)c1ccccc1. The topological polar surface area (TPSA) is 84.0 Å². The molecule has 0 fully saturated rings. The standard InChI is InChI=1S/C16H12F2N4O2S/c17-13-7-6-11(10-14(13)18)19-15-8-9-16(21-20-15)22-25(23,24)12-4-2-1-3-5-12/h1-10H,(H,19,20)(H,21,22). The lowest BCUT2D eigenvalue weighted by molar-refractivity contribution is 0.509. The predicted octanol–water partition coefficient (Wildman–Crippen LogP) is 3.30. The Morgan fingerprint density at radius 3 is 2.12 bits per heavy atom. The van der Waals surface area contributed by atoms with Gasteiger partial charge in [0, 0.05) is 11.8 Å². The monoisotopic (exact) mass is 362 g/mol. The molecule has 9 heteroatoms. The average molecular weight is 362 g/mol. The molecule has 128 valence electrons. The first-order chi connectivity index (χ1) is 11.9. The number of halogens is 2. The van der Waals surface area contributed by atoms with Gasteiger partial charge in [-0.3, -0.25) is 4.72 Å². The van der Waals surface area contributed by atoms with Crippen LogP contribution in [0.4, 0.5) is 26.1 Å². The highest BCUT2D eigenvalue weighted by Gasteiger charge is 2.14. The molecule has 0 aliphatic rings. The molecule has 2 N–H and O–H groups in total. The first kappa shape index (κ1) is 16.8. The predicted molar refractivity (Wildman–Crippen MR) is 88.9 cm³/mol. The molecular formula is C16H12F2N4O2S. The molecule has 0 aliphatic heterocycles. The van der Waals surface area contributed by atoms with E-state index in [0.717, 1.165) is 12.1 Å². The summed E-state index contributed by atoms with van der Waals surface area (Å²) in [6, 6.07) is 14.0. The Kier molecular flexibility index (Phi) is 4.57. The summed E-state index contributed by atoms with van der Waals surface area (Å²) in [6.07, 6.45) is 0. The first-order valence-corrected chi connectivity index (χ1v) is 8.56. The van der Waals surface area contributed by atoms with E-state index in [9.17, 15) is 17.2 Å². The molecule has 3 aromatic rings. The Labute approximate surface area is 142 Å². The van der Waals surface area contributed by atoms with Gasteiger partial charge in [-0.2, -0.15) is 0 Å². The molecule has 2 aromatic carbocycles. The van der Waals surface area contributed by atoms with E-state index in [2.05, 4.69) is 20.2 Å². The van der Waals surface area contributed by atoms with Crippen molar-refractivity contribution in [2.75, 3.05) is 10.0 Å². The Balaban J connectivity index is 1.73. The van der Waals surface area contributed by atoms with Crippen LogP contribution in [0, 0.1) is 11.6 Å². The average Bonchev–Trinajstić information content (AvgIpc) is 2.60. The number of sulfonamides is 1. The molecule has 3 rings (SSSR count). The summed E-state index contributed by atoms with van der Waals surface area (Å²) in [5.74, 6) is -1.68. The van der Waals surface area contributed by atoms with Gasteiger partial charge in [-0.15, -0.1) is 10.2 Å². The second-order valence-corrected chi connectivity index (χ2v) is 6.66. The van der Waals surface area contributed by atoms with Gasteiger partial charge in [0.2, 0.25) is 0 Å². The third kappa shape index (κ3) is 4.07. The molecule has 0 atom stereocenters. The van der Waals surface area contributed by atoms with E-state index in [1.165, 1.54) is 30.3 Å². The minimum absolute atomic E-state index is 0.0275. The van der Waals surface area contributed by atoms with Gasteiger partial charge in [0.25, 0.3) is 10.0 Å². The summed E-state index contributed by atoms with van der Waals surface area (Å²) in [7, 11) is -3.76. The van der Waals surface area contributed by atoms with E-state index < -0.39 is 21.7 Å². The zero-order valence-electron chi connectivity index (χ0n) is 12.6. The molecule has 0 bridgehead atoms. The van der Waals surface area contributed by atoms with E-state index >= 15 is 0 Å². The fourth-order valence-electron chi connectivity index (χ4n) is 1.97. The molecule has 0 saturated carbocycles. The maximum atomic E-state index is 13.2. The second-order valence-electron chi connectivity index (χ2n) is 4.98. The molecule has 0 spiro atoms. The molecule has 0 saturated heterocycles. The lowest BCUT2D eigenvalue weighted by Gasteiger charge is -2.08. The Hall–Kier alpha value is -3.07. The fourth-order valence-corrected chi connectivity index (χ4v) is 2.99. The summed E-state index contributed by atoms with van der Waals surface area (Å²) in [6.45, 7) is 0. The van der Waals surface area contributed by atoms with E-state index in [1.54, 1.807) is 18.2 Å². The maximum absolute atomic E-state index is 13.2. The van der Waals surface area contributed by atoms with Crippen LogP contribution in [-0.4, -0.2) is 18.6 Å². The van der Waals surface area contributed by atoms with Crippen LogP contribution in [0.3, 0.4) is 0 Å². The second kappa shape index (κ2) is 6.81. The van der Waals surface area contributed by atoms with E-state index in [4.69, 9.17) is 0 Å². The molecule has 0 amide bonds. The number of nitrogens with one attached hydrogen (secondary N) is 2. The smallest absolute Gasteiger partial charge is 0.263 e. The van der Waals surface area contributed by atoms with E-state index in [-0.39, 0.29) is 22.2 Å². The number of hydrogen-bond acceptors (Lipinski definition) is 5. The summed E-state index contributed by atoms with van der Waals surface area (Å²) in [5.41, 5.74) is 0.283. The number of benzene rings is 2. The van der Waals surface area contributed by atoms with Gasteiger partial charge in [0.05, 0.1) is 4.90 Å². The molecule has 1 heterocycles. The maximum Gasteiger partial charge on any atom is 0.263 e. The van der Waals surface area contributed by atoms with Gasteiger partial charge in [-0.25, -0.2) is 17.2 Å². The third-order valence-electron chi connectivity index (χ3n) is 3.15. The highest BCUT2D eigenvalue weighted by atomic mass is 32.2. The van der Waals surface area contributed by atoms with Crippen LogP contribution >= 0.6 is 0 Å². The van der Waals surface area contributed by atoms with Gasteiger partial charge in [-0.05, 0) is 36.4 Å². The van der Waals surface area contributed by atoms with Crippen molar-refractivity contribution in [2.24, 2.45) is 0 Å². The molecule has 25 heavy (non-hydrogen) atoms. The number of nitrogens with zero attached hydrogens (tertiary/aromatic N) is 2. The highest BCUT2D eigenvalue weighted by molar-refractivity contribution is 7.92. The van der Waals surface area contributed by atoms with Crippen LogP contribution in [0.25, 0.3) is 0 Å². The largest absolute Gasteiger partial charge is 0.339 e. The Bertz CT molecular complexity index is 981. The molecule has 0 unspecified atom stereocenters. The number of anilines is 3. The van der Waals surface area contributed by atoms with Crippen molar-refractivity contribution in [1.82, 2.24) is 10.2 Å². The van der Waals surface area contributed by atoms with Crippen molar-refractivity contribution < 1.29 is 17.2 Å². The van der Waals surface area contributed by atoms with Crippen molar-refractivity contribution in [2.45, 2.75) is 4.90 Å². The van der Waals surface area contributed by atoms with Crippen LogP contribution in [-0.2, 0) is 10.0 Å². The third-order valence-corrected chi connectivity index (χ3v) is 4.52. The fraction of sp³-hybridized carbons (Fsp3) is 0. The zero-order valence-corrected chi connectivity index (χ0v) is 13.5. The zero-order chi connectivity index (χ0) is 17.9. The van der Waals surface area contributed by atoms with Crippen molar-refractivity contribution in [3.8, 4) is 0 Å². The summed E-state index contributed by atoms with van der Waals surface area (Å²) in [5, 5.41) is 10.3. The van der Waals surface area contributed by atoms with E-state index in [0.29, 0.717) is 0 Å². The Morgan fingerprint density at radius 2 is 1.48 bits per heavy atom. The lowest BCUT2D eigenvalue weighted by atomic mass is 10.3. The molecule has 6 nitrogen and oxygen atoms in total. The number of hydrogen-bond donors (Lipinski definition) is 2. The molecule has 1 aromatic heterocycles. The van der Waals surface area contributed by atoms with Gasteiger partial charge in [0.15, 0.2) is 23.3 Å². The van der Waals surface area contributed by atoms with Crippen LogP contribution in [0.15, 0.2) is 65.6 Å². The van der Waals surface area contributed by atoms with E-state index in [1.807, 2.05) is 0 Å². The van der Waals surface area contributed by atoms with Gasteiger partial charge in [-0.1, -0.05) is 18.2 Å². The van der Waals surface area contributed by atoms with Crippen LogP contribution in [0.2, 0.25) is 0 Å². The molecular weight excluding hydrogens is 350 g/mol. The first-order valence-electron chi connectivity index (χ1n) is 7.08. The van der Waals surface area contributed by atoms with Crippen LogP contribution in [0.1, 0.15) is 0 Å². The molecule has 0 aliphatic carbocycles. The van der Waals surface area contributed by atoms with Crippen molar-refractivity contribution in [3.63, 3.8) is 0 Å². The van der Waals surface area contributed by atoms with Gasteiger partial charge in [0.1, 0.15) is 0 Å². The number of aromatic nitrogens is 2. The van der Waals surface area contributed by atoms with Gasteiger partial charge < -0.3 is 5.32 Å². The summed E-state index contributed by atoms with van der Waals surface area (Å²) < 4.78 is 52.7. The highest BCUT2D eigenvalue weighted by Crippen LogP contribution is 2.19. The quantitative estimate of drug-likeness (QED) is 0.728. The molecule has 0 radical (unpaired) electrons. The van der Waals surface area contributed by atoms with Crippen molar-refractivity contribution in [3.05, 3.63) is 72.3 Å². The Morgan fingerprint density at radius 1 is 0.800 bits per heavy atom. The minimum atomic E-state index is -3.76. The summed E-state index contributed by atoms with van der Waals surface area (Å²) in [4.78, 5) is 0.0980. The van der Waals surface area contributed by atoms with Gasteiger partial charge >= 0.3 is 0 Å². The van der Waals surface area contributed by atoms with Crippen LogP contribution < -0.4 is 10.0 Å². The minimum Gasteiger partial charge on any atom is -0.339 e. The van der Waals surface area contributed by atoms with Crippen molar-refractivity contribution in [1.29, 1.82) is 0 Å². The number of rotatable bonds is 5.